The van der Waals surface area contributed by atoms with E-state index in [0.717, 1.165) is 3.57 Å². The number of benzene rings is 1. The Kier molecular flexibility index (Phi) is 4.68. The van der Waals surface area contributed by atoms with E-state index in [2.05, 4.69) is 37.7 Å². The zero-order chi connectivity index (χ0) is 14.8. The molecule has 9 heteroatoms. The summed E-state index contributed by atoms with van der Waals surface area (Å²) in [5, 5.41) is 0.107. The number of nitrogens with one attached hydrogen (secondary N) is 2. The summed E-state index contributed by atoms with van der Waals surface area (Å²) in [6.07, 6.45) is 1.37. The average Bonchev–Trinajstić information content (AvgIpc) is 2.42. The van der Waals surface area contributed by atoms with E-state index in [1.165, 1.54) is 12.3 Å². The van der Waals surface area contributed by atoms with Crippen LogP contribution in [-0.4, -0.2) is 13.4 Å². The molecule has 20 heavy (non-hydrogen) atoms. The van der Waals surface area contributed by atoms with Gasteiger partial charge in [-0.15, -0.1) is 0 Å². The summed E-state index contributed by atoms with van der Waals surface area (Å²) in [4.78, 5) is 3.83. The monoisotopic (exact) mass is 424 g/mol. The lowest BCUT2D eigenvalue weighted by atomic mass is 10.3. The molecule has 0 unspecified atom stereocenters. The van der Waals surface area contributed by atoms with E-state index in [9.17, 15) is 8.42 Å². The van der Waals surface area contributed by atoms with Crippen molar-refractivity contribution in [3.05, 3.63) is 45.1 Å². The lowest BCUT2D eigenvalue weighted by molar-refractivity contribution is 0.598. The lowest BCUT2D eigenvalue weighted by Crippen LogP contribution is -2.19. The third-order valence-electron chi connectivity index (χ3n) is 2.36. The van der Waals surface area contributed by atoms with Gasteiger partial charge in [0, 0.05) is 9.77 Å². The molecule has 106 valence electrons. The Morgan fingerprint density at radius 3 is 2.65 bits per heavy atom. The fraction of sp³-hybridized carbons (Fsp3) is 0. The minimum absolute atomic E-state index is 0.196. The van der Waals surface area contributed by atoms with Crippen LogP contribution in [0.2, 0.25) is 5.02 Å². The number of aromatic nitrogens is 1. The number of hydrogen-bond donors (Lipinski definition) is 3. The van der Waals surface area contributed by atoms with E-state index in [1.807, 2.05) is 0 Å². The lowest BCUT2D eigenvalue weighted by Gasteiger charge is -2.11. The summed E-state index contributed by atoms with van der Waals surface area (Å²) in [6.45, 7) is 0. The quantitative estimate of drug-likeness (QED) is 0.398. The number of nitrogen functional groups attached to an aromatic ring is 1. The van der Waals surface area contributed by atoms with E-state index in [4.69, 9.17) is 17.4 Å². The molecule has 0 aliphatic carbocycles. The van der Waals surface area contributed by atoms with Crippen molar-refractivity contribution in [1.82, 2.24) is 4.98 Å². The van der Waals surface area contributed by atoms with Gasteiger partial charge < -0.3 is 5.43 Å². The maximum absolute atomic E-state index is 12.3. The Balaban J connectivity index is 2.41. The summed E-state index contributed by atoms with van der Waals surface area (Å²) < 4.78 is 27.9. The first-order valence-corrected chi connectivity index (χ1v) is 8.27. The van der Waals surface area contributed by atoms with Crippen molar-refractivity contribution in [1.29, 1.82) is 0 Å². The zero-order valence-corrected chi connectivity index (χ0v) is 13.7. The van der Waals surface area contributed by atoms with Crippen LogP contribution in [-0.2, 0) is 10.0 Å². The zero-order valence-electron chi connectivity index (χ0n) is 9.97. The molecule has 0 atom stereocenters. The molecule has 2 aromatic rings. The van der Waals surface area contributed by atoms with Gasteiger partial charge in [-0.25, -0.2) is 4.98 Å². The SMILES string of the molecule is NNc1cccnc1S(=O)(=O)Nc1ccc(I)cc1Cl. The first-order chi connectivity index (χ1) is 9.44. The topological polar surface area (TPSA) is 97.1 Å². The fourth-order valence-electron chi connectivity index (χ4n) is 1.48. The van der Waals surface area contributed by atoms with E-state index in [-0.39, 0.29) is 16.4 Å². The molecule has 0 saturated carbocycles. The fourth-order valence-corrected chi connectivity index (χ4v) is 3.62. The average molecular weight is 425 g/mol. The third kappa shape index (κ3) is 3.32. The molecule has 0 saturated heterocycles. The molecule has 2 rings (SSSR count). The van der Waals surface area contributed by atoms with Crippen LogP contribution in [0.5, 0.6) is 0 Å². The van der Waals surface area contributed by atoms with E-state index < -0.39 is 10.0 Å². The minimum Gasteiger partial charge on any atom is -0.321 e. The number of pyridine rings is 1. The van der Waals surface area contributed by atoms with Crippen molar-refractivity contribution in [2.75, 3.05) is 10.1 Å². The summed E-state index contributed by atoms with van der Waals surface area (Å²) in [5.41, 5.74) is 2.77. The van der Waals surface area contributed by atoms with Crippen LogP contribution in [0.15, 0.2) is 41.6 Å². The summed E-state index contributed by atoms with van der Waals surface area (Å²) in [6, 6.07) is 8.06. The Hall–Kier alpha value is -1.10. The van der Waals surface area contributed by atoms with Gasteiger partial charge in [-0.05, 0) is 52.9 Å². The van der Waals surface area contributed by atoms with Gasteiger partial charge in [0.25, 0.3) is 10.0 Å². The second-order valence-corrected chi connectivity index (χ2v) is 6.98. The molecule has 0 fully saturated rings. The Bertz CT molecular complexity index is 739. The van der Waals surface area contributed by atoms with Crippen LogP contribution >= 0.6 is 34.2 Å². The number of rotatable bonds is 4. The highest BCUT2D eigenvalue weighted by Gasteiger charge is 2.21. The number of nitrogens with zero attached hydrogens (tertiary/aromatic N) is 1. The number of sulfonamides is 1. The van der Waals surface area contributed by atoms with Crippen LogP contribution in [0.25, 0.3) is 0 Å². The molecule has 0 aliphatic rings. The molecule has 0 spiro atoms. The molecule has 1 aromatic heterocycles. The van der Waals surface area contributed by atoms with Crippen molar-refractivity contribution < 1.29 is 8.42 Å². The van der Waals surface area contributed by atoms with E-state index >= 15 is 0 Å². The normalized spacial score (nSPS) is 11.2. The van der Waals surface area contributed by atoms with Gasteiger partial charge in [-0.2, -0.15) is 8.42 Å². The van der Waals surface area contributed by atoms with E-state index in [0.29, 0.717) is 5.02 Å². The van der Waals surface area contributed by atoms with Gasteiger partial charge in [0.1, 0.15) is 0 Å². The molecule has 4 N–H and O–H groups in total. The highest BCUT2D eigenvalue weighted by Crippen LogP contribution is 2.27. The van der Waals surface area contributed by atoms with Gasteiger partial charge in [-0.1, -0.05) is 11.6 Å². The van der Waals surface area contributed by atoms with Crippen molar-refractivity contribution in [3.8, 4) is 0 Å². The highest BCUT2D eigenvalue weighted by atomic mass is 127. The summed E-state index contributed by atoms with van der Waals surface area (Å²) in [7, 11) is -3.88. The molecular formula is C11H10ClIN4O2S. The predicted molar refractivity (Wildman–Crippen MR) is 87.0 cm³/mol. The summed E-state index contributed by atoms with van der Waals surface area (Å²) >= 11 is 8.09. The highest BCUT2D eigenvalue weighted by molar-refractivity contribution is 14.1. The second kappa shape index (κ2) is 6.12. The first-order valence-electron chi connectivity index (χ1n) is 5.33. The smallest absolute Gasteiger partial charge is 0.281 e. The predicted octanol–water partition coefficient (Wildman–Crippen LogP) is 2.43. The molecule has 1 aromatic carbocycles. The minimum atomic E-state index is -3.88. The largest absolute Gasteiger partial charge is 0.321 e. The van der Waals surface area contributed by atoms with Gasteiger partial charge in [-0.3, -0.25) is 10.6 Å². The van der Waals surface area contributed by atoms with Crippen molar-refractivity contribution in [2.45, 2.75) is 5.03 Å². The number of anilines is 2. The summed E-state index contributed by atoms with van der Waals surface area (Å²) in [5.74, 6) is 5.28. The van der Waals surface area contributed by atoms with Crippen LogP contribution in [0.1, 0.15) is 0 Å². The van der Waals surface area contributed by atoms with Gasteiger partial charge in [0.15, 0.2) is 0 Å². The standard InChI is InChI=1S/C11H10ClIN4O2S/c12-8-6-7(13)3-4-9(8)17-20(18,19)11-10(16-14)2-1-5-15-11/h1-6,16-17H,14H2. The number of nitrogens with two attached hydrogens (primary N) is 1. The van der Waals surface area contributed by atoms with Crippen LogP contribution in [0.4, 0.5) is 11.4 Å². The molecule has 6 nitrogen and oxygen atoms in total. The van der Waals surface area contributed by atoms with Gasteiger partial charge in [0.2, 0.25) is 5.03 Å². The van der Waals surface area contributed by atoms with Crippen LogP contribution in [0, 0.1) is 3.57 Å². The molecule has 0 radical (unpaired) electrons. The number of halogens is 2. The molecule has 0 amide bonds. The molecular weight excluding hydrogens is 415 g/mol. The maximum atomic E-state index is 12.3. The molecule has 0 aliphatic heterocycles. The number of hydrazine groups is 1. The third-order valence-corrected chi connectivity index (χ3v) is 4.66. The molecule has 1 heterocycles. The van der Waals surface area contributed by atoms with Crippen molar-refractivity contribution in [2.24, 2.45) is 5.84 Å². The van der Waals surface area contributed by atoms with Crippen LogP contribution in [0.3, 0.4) is 0 Å². The van der Waals surface area contributed by atoms with Gasteiger partial charge >= 0.3 is 0 Å². The molecule has 0 bridgehead atoms. The number of hydrogen-bond acceptors (Lipinski definition) is 5. The van der Waals surface area contributed by atoms with Crippen LogP contribution < -0.4 is 16.0 Å². The van der Waals surface area contributed by atoms with Crippen molar-refractivity contribution in [3.63, 3.8) is 0 Å². The van der Waals surface area contributed by atoms with Gasteiger partial charge in [0.05, 0.1) is 16.4 Å². The Morgan fingerprint density at radius 1 is 1.25 bits per heavy atom. The second-order valence-electron chi connectivity index (χ2n) is 3.73. The van der Waals surface area contributed by atoms with E-state index in [1.54, 1.807) is 24.3 Å². The maximum Gasteiger partial charge on any atom is 0.281 e. The Morgan fingerprint density at radius 2 is 2.00 bits per heavy atom. The van der Waals surface area contributed by atoms with Crippen molar-refractivity contribution >= 4 is 55.6 Å². The first kappa shape index (κ1) is 15.3. The Labute approximate surface area is 134 Å².